The van der Waals surface area contributed by atoms with E-state index in [9.17, 15) is 9.59 Å². The fourth-order valence-electron chi connectivity index (χ4n) is 1.31. The molecule has 2 N–H and O–H groups in total. The summed E-state index contributed by atoms with van der Waals surface area (Å²) in [6.07, 6.45) is 0. The molecule has 0 radical (unpaired) electrons. The van der Waals surface area contributed by atoms with Crippen LogP contribution in [-0.4, -0.2) is 17.0 Å². The number of halogens is 1. The van der Waals surface area contributed by atoms with Gasteiger partial charge in [-0.3, -0.25) is 9.59 Å². The Morgan fingerprint density at radius 3 is 2.53 bits per heavy atom. The molecule has 17 heavy (non-hydrogen) atoms. The van der Waals surface area contributed by atoms with Gasteiger partial charge in [0.1, 0.15) is 5.92 Å². The molecule has 1 amide bonds. The molecule has 0 aliphatic rings. The maximum absolute atomic E-state index is 11.5. The third-order valence-corrected chi connectivity index (χ3v) is 2.96. The summed E-state index contributed by atoms with van der Waals surface area (Å²) in [6, 6.07) is 7.29. The van der Waals surface area contributed by atoms with Gasteiger partial charge in [-0.05, 0) is 31.5 Å². The van der Waals surface area contributed by atoms with Crippen LogP contribution >= 0.6 is 15.9 Å². The SMILES string of the molecule is CC(C(=O)O)C(=O)NC(C)c1cccc(Br)c1. The predicted octanol–water partition coefficient (Wildman–Crippen LogP) is 2.35. The van der Waals surface area contributed by atoms with Crippen molar-refractivity contribution in [1.82, 2.24) is 5.32 Å². The number of amides is 1. The molecule has 0 spiro atoms. The molecule has 1 aromatic carbocycles. The largest absolute Gasteiger partial charge is 0.481 e. The van der Waals surface area contributed by atoms with Gasteiger partial charge in [-0.2, -0.15) is 0 Å². The van der Waals surface area contributed by atoms with Gasteiger partial charge in [0.05, 0.1) is 6.04 Å². The highest BCUT2D eigenvalue weighted by molar-refractivity contribution is 9.10. The van der Waals surface area contributed by atoms with Gasteiger partial charge in [0.2, 0.25) is 5.91 Å². The molecule has 0 saturated heterocycles. The lowest BCUT2D eigenvalue weighted by atomic mass is 10.1. The Balaban J connectivity index is 2.70. The molecule has 0 aliphatic heterocycles. The van der Waals surface area contributed by atoms with Gasteiger partial charge in [-0.15, -0.1) is 0 Å². The van der Waals surface area contributed by atoms with Gasteiger partial charge in [-0.1, -0.05) is 28.1 Å². The average Bonchev–Trinajstić information content (AvgIpc) is 2.27. The summed E-state index contributed by atoms with van der Waals surface area (Å²) in [6.45, 7) is 3.18. The van der Waals surface area contributed by atoms with Crippen molar-refractivity contribution in [2.24, 2.45) is 5.92 Å². The Kier molecular flexibility index (Phi) is 4.69. The average molecular weight is 300 g/mol. The predicted molar refractivity (Wildman–Crippen MR) is 67.5 cm³/mol. The number of rotatable bonds is 4. The number of carbonyl (C=O) groups is 2. The van der Waals surface area contributed by atoms with Crippen LogP contribution in [0.2, 0.25) is 0 Å². The summed E-state index contributed by atoms with van der Waals surface area (Å²) < 4.78 is 0.919. The number of benzene rings is 1. The van der Waals surface area contributed by atoms with E-state index in [0.717, 1.165) is 10.0 Å². The zero-order valence-corrected chi connectivity index (χ0v) is 11.2. The lowest BCUT2D eigenvalue weighted by molar-refractivity contribution is -0.146. The third kappa shape index (κ3) is 3.85. The maximum atomic E-state index is 11.5. The van der Waals surface area contributed by atoms with E-state index in [1.54, 1.807) is 0 Å². The smallest absolute Gasteiger partial charge is 0.315 e. The zero-order valence-electron chi connectivity index (χ0n) is 9.61. The van der Waals surface area contributed by atoms with Gasteiger partial charge in [0, 0.05) is 4.47 Å². The fourth-order valence-corrected chi connectivity index (χ4v) is 1.73. The van der Waals surface area contributed by atoms with Gasteiger partial charge in [0.25, 0.3) is 0 Å². The molecular weight excluding hydrogens is 286 g/mol. The van der Waals surface area contributed by atoms with Crippen LogP contribution in [0.3, 0.4) is 0 Å². The Morgan fingerprint density at radius 1 is 1.35 bits per heavy atom. The van der Waals surface area contributed by atoms with Gasteiger partial charge >= 0.3 is 5.97 Å². The maximum Gasteiger partial charge on any atom is 0.315 e. The Hall–Kier alpha value is -1.36. The van der Waals surface area contributed by atoms with Crippen LogP contribution in [0.4, 0.5) is 0 Å². The molecule has 0 aromatic heterocycles. The summed E-state index contributed by atoms with van der Waals surface area (Å²) in [5.74, 6) is -2.64. The molecule has 1 aromatic rings. The second-order valence-corrected chi connectivity index (χ2v) is 4.76. The number of nitrogens with one attached hydrogen (secondary N) is 1. The van der Waals surface area contributed by atoms with E-state index in [4.69, 9.17) is 5.11 Å². The van der Waals surface area contributed by atoms with E-state index in [0.29, 0.717) is 0 Å². The van der Waals surface area contributed by atoms with Crippen molar-refractivity contribution in [1.29, 1.82) is 0 Å². The van der Waals surface area contributed by atoms with E-state index in [1.165, 1.54) is 6.92 Å². The summed E-state index contributed by atoms with van der Waals surface area (Å²) >= 11 is 3.34. The highest BCUT2D eigenvalue weighted by Gasteiger charge is 2.22. The first kappa shape index (κ1) is 13.7. The molecule has 0 heterocycles. The molecule has 2 atom stereocenters. The van der Waals surface area contributed by atoms with Crippen molar-refractivity contribution < 1.29 is 14.7 Å². The monoisotopic (exact) mass is 299 g/mol. The Bertz CT molecular complexity index is 434. The van der Waals surface area contributed by atoms with E-state index in [-0.39, 0.29) is 6.04 Å². The molecule has 0 saturated carbocycles. The number of carbonyl (C=O) groups excluding carboxylic acids is 1. The molecule has 4 nitrogen and oxygen atoms in total. The van der Waals surface area contributed by atoms with Crippen molar-refractivity contribution >= 4 is 27.8 Å². The van der Waals surface area contributed by atoms with Crippen LogP contribution in [0.15, 0.2) is 28.7 Å². The van der Waals surface area contributed by atoms with E-state index < -0.39 is 17.8 Å². The van der Waals surface area contributed by atoms with E-state index in [1.807, 2.05) is 31.2 Å². The molecule has 0 fully saturated rings. The standard InChI is InChI=1S/C12H14BrNO3/c1-7(12(16)17)11(15)14-8(2)9-4-3-5-10(13)6-9/h3-8H,1-2H3,(H,14,15)(H,16,17). The summed E-state index contributed by atoms with van der Waals surface area (Å²) in [5.41, 5.74) is 0.922. The van der Waals surface area contributed by atoms with Crippen molar-refractivity contribution in [2.45, 2.75) is 19.9 Å². The number of hydrogen-bond acceptors (Lipinski definition) is 2. The second-order valence-electron chi connectivity index (χ2n) is 3.85. The van der Waals surface area contributed by atoms with Crippen molar-refractivity contribution in [2.75, 3.05) is 0 Å². The van der Waals surface area contributed by atoms with Crippen LogP contribution in [0.1, 0.15) is 25.5 Å². The highest BCUT2D eigenvalue weighted by Crippen LogP contribution is 2.18. The summed E-state index contributed by atoms with van der Waals surface area (Å²) in [5, 5.41) is 11.4. The quantitative estimate of drug-likeness (QED) is 0.839. The molecule has 0 bridgehead atoms. The molecule has 5 heteroatoms. The number of hydrogen-bond donors (Lipinski definition) is 2. The highest BCUT2D eigenvalue weighted by atomic mass is 79.9. The van der Waals surface area contributed by atoms with Crippen molar-refractivity contribution in [3.63, 3.8) is 0 Å². The number of aliphatic carboxylic acids is 1. The lowest BCUT2D eigenvalue weighted by Gasteiger charge is -2.16. The number of carboxylic acid groups (broad SMARTS) is 1. The Labute approximate surface area is 108 Å². The minimum absolute atomic E-state index is 0.221. The lowest BCUT2D eigenvalue weighted by Crippen LogP contribution is -2.35. The number of carboxylic acids is 1. The molecule has 0 aliphatic carbocycles. The minimum Gasteiger partial charge on any atom is -0.481 e. The Morgan fingerprint density at radius 2 is 2.00 bits per heavy atom. The molecular formula is C12H14BrNO3. The first-order chi connectivity index (χ1) is 7.91. The second kappa shape index (κ2) is 5.82. The third-order valence-electron chi connectivity index (χ3n) is 2.47. The topological polar surface area (TPSA) is 66.4 Å². The fraction of sp³-hybridized carbons (Fsp3) is 0.333. The molecule has 2 unspecified atom stereocenters. The summed E-state index contributed by atoms with van der Waals surface area (Å²) in [7, 11) is 0. The first-order valence-electron chi connectivity index (χ1n) is 5.20. The van der Waals surface area contributed by atoms with Crippen LogP contribution in [0.5, 0.6) is 0 Å². The first-order valence-corrected chi connectivity index (χ1v) is 5.99. The minimum atomic E-state index is -1.12. The van der Waals surface area contributed by atoms with Gasteiger partial charge in [0.15, 0.2) is 0 Å². The van der Waals surface area contributed by atoms with Crippen LogP contribution in [0.25, 0.3) is 0 Å². The van der Waals surface area contributed by atoms with E-state index >= 15 is 0 Å². The normalized spacial score (nSPS) is 13.8. The van der Waals surface area contributed by atoms with Crippen LogP contribution in [0, 0.1) is 5.92 Å². The van der Waals surface area contributed by atoms with Crippen LogP contribution in [-0.2, 0) is 9.59 Å². The van der Waals surface area contributed by atoms with Gasteiger partial charge < -0.3 is 10.4 Å². The van der Waals surface area contributed by atoms with Gasteiger partial charge in [-0.25, -0.2) is 0 Å². The summed E-state index contributed by atoms with van der Waals surface area (Å²) in [4.78, 5) is 22.2. The zero-order chi connectivity index (χ0) is 13.0. The van der Waals surface area contributed by atoms with Crippen LogP contribution < -0.4 is 5.32 Å². The van der Waals surface area contributed by atoms with Crippen molar-refractivity contribution in [3.8, 4) is 0 Å². The van der Waals surface area contributed by atoms with E-state index in [2.05, 4.69) is 21.2 Å². The molecule has 92 valence electrons. The molecule has 1 rings (SSSR count). The van der Waals surface area contributed by atoms with Crippen molar-refractivity contribution in [3.05, 3.63) is 34.3 Å².